The van der Waals surface area contributed by atoms with Gasteiger partial charge in [-0.1, -0.05) is 0 Å². The highest BCUT2D eigenvalue weighted by atomic mass is 16.6. The number of hydrogen-bond acceptors (Lipinski definition) is 8. The van der Waals surface area contributed by atoms with Gasteiger partial charge >= 0.3 is 11.9 Å². The second kappa shape index (κ2) is 8.89. The predicted molar refractivity (Wildman–Crippen MR) is 74.5 cm³/mol. The van der Waals surface area contributed by atoms with E-state index in [0.717, 1.165) is 0 Å². The summed E-state index contributed by atoms with van der Waals surface area (Å²) in [5.74, 6) is -5.10. The molecular formula is C13H21NO10. The molecule has 1 aliphatic heterocycles. The zero-order chi connectivity index (χ0) is 18.4. The molecule has 24 heavy (non-hydrogen) atoms. The largest absolute Gasteiger partial charge is 0.481 e. The molecule has 0 spiro atoms. The van der Waals surface area contributed by atoms with Crippen LogP contribution in [0.25, 0.3) is 0 Å². The van der Waals surface area contributed by atoms with E-state index >= 15 is 0 Å². The van der Waals surface area contributed by atoms with Gasteiger partial charge in [-0.25, -0.2) is 0 Å². The number of carbonyl (C=O) groups excluding carboxylic acids is 1. The van der Waals surface area contributed by atoms with Gasteiger partial charge in [0.1, 0.15) is 24.4 Å². The highest BCUT2D eigenvalue weighted by Gasteiger charge is 2.42. The number of aliphatic carboxylic acids is 2. The van der Waals surface area contributed by atoms with Crippen molar-refractivity contribution < 1.29 is 49.8 Å². The minimum atomic E-state index is -1.71. The van der Waals surface area contributed by atoms with Crippen LogP contribution in [-0.4, -0.2) is 85.7 Å². The molecule has 11 nitrogen and oxygen atoms in total. The van der Waals surface area contributed by atoms with Crippen LogP contribution >= 0.6 is 0 Å². The van der Waals surface area contributed by atoms with Crippen LogP contribution in [0.15, 0.2) is 0 Å². The van der Waals surface area contributed by atoms with Crippen molar-refractivity contribution in [2.24, 2.45) is 5.92 Å². The summed E-state index contributed by atoms with van der Waals surface area (Å²) in [5.41, 5.74) is 0. The summed E-state index contributed by atoms with van der Waals surface area (Å²) in [7, 11) is 0. The van der Waals surface area contributed by atoms with Gasteiger partial charge in [0.05, 0.1) is 0 Å². The highest BCUT2D eigenvalue weighted by Crippen LogP contribution is 2.19. The summed E-state index contributed by atoms with van der Waals surface area (Å²) in [5, 5.41) is 57.5. The number of rotatable bonds is 8. The molecule has 0 aromatic heterocycles. The lowest BCUT2D eigenvalue weighted by molar-refractivity contribution is -0.280. The van der Waals surface area contributed by atoms with Crippen LogP contribution in [0.1, 0.15) is 19.3 Å². The van der Waals surface area contributed by atoms with Crippen LogP contribution in [0, 0.1) is 5.92 Å². The van der Waals surface area contributed by atoms with Gasteiger partial charge in [0.25, 0.3) is 0 Å². The number of hydrogen-bond donors (Lipinski definition) is 7. The van der Waals surface area contributed by atoms with E-state index in [2.05, 4.69) is 5.32 Å². The Morgan fingerprint density at radius 1 is 0.958 bits per heavy atom. The van der Waals surface area contributed by atoms with Gasteiger partial charge in [0.2, 0.25) is 5.91 Å². The maximum absolute atomic E-state index is 11.6. The monoisotopic (exact) mass is 351 g/mol. The van der Waals surface area contributed by atoms with E-state index in [1.54, 1.807) is 0 Å². The first-order valence-corrected chi connectivity index (χ1v) is 7.25. The fourth-order valence-corrected chi connectivity index (χ4v) is 2.22. The Morgan fingerprint density at radius 3 is 2.08 bits per heavy atom. The number of carbonyl (C=O) groups is 3. The first kappa shape index (κ1) is 20.3. The lowest BCUT2D eigenvalue weighted by atomic mass is 9.99. The van der Waals surface area contributed by atoms with Crippen LogP contribution in [-0.2, 0) is 19.1 Å². The van der Waals surface area contributed by atoms with Crippen LogP contribution in [0.3, 0.4) is 0 Å². The van der Waals surface area contributed by atoms with E-state index < -0.39 is 54.5 Å². The fraction of sp³-hybridized carbons (Fsp3) is 0.769. The zero-order valence-corrected chi connectivity index (χ0v) is 12.6. The van der Waals surface area contributed by atoms with Crippen molar-refractivity contribution >= 4 is 17.8 Å². The second-order valence-corrected chi connectivity index (χ2v) is 5.46. The molecule has 0 saturated carbocycles. The normalized spacial score (nSPS) is 30.1. The molecule has 0 radical (unpaired) electrons. The summed E-state index contributed by atoms with van der Waals surface area (Å²) < 4.78 is 4.86. The van der Waals surface area contributed by atoms with E-state index in [9.17, 15) is 34.8 Å². The topological polar surface area (TPSA) is 194 Å². The van der Waals surface area contributed by atoms with Crippen LogP contribution in [0.5, 0.6) is 0 Å². The van der Waals surface area contributed by atoms with Crippen molar-refractivity contribution in [3.8, 4) is 0 Å². The van der Waals surface area contributed by atoms with Gasteiger partial charge in [-0.05, 0) is 12.8 Å². The molecule has 0 aromatic rings. The van der Waals surface area contributed by atoms with Crippen molar-refractivity contribution in [1.82, 2.24) is 5.32 Å². The summed E-state index contributed by atoms with van der Waals surface area (Å²) in [6.07, 6.45) is -8.03. The van der Waals surface area contributed by atoms with Crippen LogP contribution < -0.4 is 5.32 Å². The van der Waals surface area contributed by atoms with Gasteiger partial charge in [0.15, 0.2) is 12.2 Å². The zero-order valence-electron chi connectivity index (χ0n) is 12.6. The van der Waals surface area contributed by atoms with Crippen molar-refractivity contribution in [1.29, 1.82) is 0 Å². The number of carboxylic acid groups (broad SMARTS) is 2. The maximum atomic E-state index is 11.6. The number of nitrogens with one attached hydrogen (secondary N) is 1. The van der Waals surface area contributed by atoms with Crippen molar-refractivity contribution in [3.63, 3.8) is 0 Å². The molecule has 0 bridgehead atoms. The Hall–Kier alpha value is -1.79. The molecule has 1 aliphatic rings. The first-order valence-electron chi connectivity index (χ1n) is 7.25. The lowest BCUT2D eigenvalue weighted by Gasteiger charge is -2.38. The number of aliphatic hydroxyl groups is 4. The molecule has 1 heterocycles. The van der Waals surface area contributed by atoms with Crippen molar-refractivity contribution in [2.75, 3.05) is 6.54 Å². The molecule has 1 rings (SSSR count). The minimum Gasteiger partial charge on any atom is -0.481 e. The quantitative estimate of drug-likeness (QED) is 0.220. The summed E-state index contributed by atoms with van der Waals surface area (Å²) in [6.45, 7) is -0.262. The van der Waals surface area contributed by atoms with Crippen molar-refractivity contribution in [3.05, 3.63) is 0 Å². The number of ether oxygens (including phenoxy) is 1. The third-order valence-corrected chi connectivity index (χ3v) is 3.68. The Morgan fingerprint density at radius 2 is 1.54 bits per heavy atom. The van der Waals surface area contributed by atoms with E-state index in [1.807, 2.05) is 0 Å². The Bertz CT molecular complexity index is 456. The van der Waals surface area contributed by atoms with Gasteiger partial charge in [-0.15, -0.1) is 0 Å². The highest BCUT2D eigenvalue weighted by molar-refractivity contribution is 5.92. The average Bonchev–Trinajstić information content (AvgIpc) is 2.50. The molecule has 1 unspecified atom stereocenters. The minimum absolute atomic E-state index is 0.0210. The summed E-state index contributed by atoms with van der Waals surface area (Å²) >= 11 is 0. The van der Waals surface area contributed by atoms with E-state index in [0.29, 0.717) is 0 Å². The third kappa shape index (κ3) is 5.39. The molecular weight excluding hydrogens is 330 g/mol. The Kier molecular flexibility index (Phi) is 7.51. The molecule has 7 N–H and O–H groups in total. The van der Waals surface area contributed by atoms with Gasteiger partial charge < -0.3 is 40.7 Å². The SMILES string of the molecule is O=C(CCCC(C(=O)O)C(=O)O)NC[C@H]1OC(O)[C@H](O)[C@@H](O)[C@@H]1O. The van der Waals surface area contributed by atoms with Crippen LogP contribution in [0.2, 0.25) is 0 Å². The Labute approximate surface area is 136 Å². The number of amides is 1. The summed E-state index contributed by atoms with van der Waals surface area (Å²) in [4.78, 5) is 33.0. The van der Waals surface area contributed by atoms with Gasteiger partial charge in [0, 0.05) is 13.0 Å². The second-order valence-electron chi connectivity index (χ2n) is 5.46. The molecule has 5 atom stereocenters. The average molecular weight is 351 g/mol. The third-order valence-electron chi connectivity index (χ3n) is 3.68. The Balaban J connectivity index is 2.36. The number of carboxylic acids is 2. The fourth-order valence-electron chi connectivity index (χ4n) is 2.22. The number of aliphatic hydroxyl groups excluding tert-OH is 4. The van der Waals surface area contributed by atoms with E-state index in [-0.39, 0.29) is 25.8 Å². The van der Waals surface area contributed by atoms with E-state index in [4.69, 9.17) is 14.9 Å². The molecule has 0 aliphatic carbocycles. The maximum Gasteiger partial charge on any atom is 0.317 e. The molecule has 0 aromatic carbocycles. The predicted octanol–water partition coefficient (Wildman–Crippen LogP) is -3.14. The lowest BCUT2D eigenvalue weighted by Crippen LogP contribution is -2.59. The van der Waals surface area contributed by atoms with E-state index in [1.165, 1.54) is 0 Å². The molecule has 1 amide bonds. The summed E-state index contributed by atoms with van der Waals surface area (Å²) in [6, 6.07) is 0. The van der Waals surface area contributed by atoms with Crippen LogP contribution in [0.4, 0.5) is 0 Å². The molecule has 1 fully saturated rings. The standard InChI is InChI=1S/C13H21NO10/c15-7(3-1-2-5(11(19)20)12(21)22)14-4-6-8(16)9(17)10(18)13(23)24-6/h5-6,8-10,13,16-18,23H,1-4H2,(H,14,15)(H,19,20)(H,21,22)/t6-,8-,9+,10-,13?/m1/s1. The molecule has 138 valence electrons. The van der Waals surface area contributed by atoms with Gasteiger partial charge in [-0.3, -0.25) is 14.4 Å². The van der Waals surface area contributed by atoms with Crippen molar-refractivity contribution in [2.45, 2.75) is 50.0 Å². The van der Waals surface area contributed by atoms with Gasteiger partial charge in [-0.2, -0.15) is 0 Å². The molecule has 11 heteroatoms. The molecule has 1 saturated heterocycles. The first-order chi connectivity index (χ1) is 11.1. The smallest absolute Gasteiger partial charge is 0.317 e.